The topological polar surface area (TPSA) is 62.5 Å². The lowest BCUT2D eigenvalue weighted by Gasteiger charge is -2.05. The quantitative estimate of drug-likeness (QED) is 0.558. The molecule has 0 aliphatic rings. The average molecular weight is 295 g/mol. The summed E-state index contributed by atoms with van der Waals surface area (Å²) in [6, 6.07) is 15.2. The Morgan fingerprint density at radius 3 is 2.45 bits per heavy atom. The average Bonchev–Trinajstić information content (AvgIpc) is 2.97. The molecule has 0 spiro atoms. The van der Waals surface area contributed by atoms with Gasteiger partial charge in [-0.05, 0) is 35.7 Å². The van der Waals surface area contributed by atoms with Crippen LogP contribution < -0.4 is 5.48 Å². The van der Waals surface area contributed by atoms with Gasteiger partial charge in [-0.15, -0.1) is 0 Å². The molecule has 112 valence electrons. The van der Waals surface area contributed by atoms with Gasteiger partial charge >= 0.3 is 0 Å². The summed E-state index contributed by atoms with van der Waals surface area (Å²) in [4.78, 5) is 11.4. The zero-order valence-electron chi connectivity index (χ0n) is 12.5. The van der Waals surface area contributed by atoms with Gasteiger partial charge in [0.15, 0.2) is 0 Å². The van der Waals surface area contributed by atoms with E-state index >= 15 is 0 Å². The lowest BCUT2D eigenvalue weighted by Crippen LogP contribution is -2.18. The SMILES string of the molecule is CC(C)c1ccc(-c2cc3cc(C(=O)NO)ccc3o2)cc1. The Morgan fingerprint density at radius 1 is 1.09 bits per heavy atom. The smallest absolute Gasteiger partial charge is 0.274 e. The first-order valence-corrected chi connectivity index (χ1v) is 7.17. The molecule has 0 saturated heterocycles. The van der Waals surface area contributed by atoms with E-state index in [9.17, 15) is 4.79 Å². The van der Waals surface area contributed by atoms with E-state index in [1.165, 1.54) is 5.56 Å². The van der Waals surface area contributed by atoms with Crippen molar-refractivity contribution in [3.05, 3.63) is 59.7 Å². The maximum Gasteiger partial charge on any atom is 0.274 e. The van der Waals surface area contributed by atoms with Crippen LogP contribution in [0.5, 0.6) is 0 Å². The van der Waals surface area contributed by atoms with Crippen LogP contribution in [-0.4, -0.2) is 11.1 Å². The monoisotopic (exact) mass is 295 g/mol. The minimum Gasteiger partial charge on any atom is -0.456 e. The van der Waals surface area contributed by atoms with E-state index in [2.05, 4.69) is 26.0 Å². The van der Waals surface area contributed by atoms with Crippen LogP contribution in [0.15, 0.2) is 52.9 Å². The van der Waals surface area contributed by atoms with Crippen LogP contribution in [0.3, 0.4) is 0 Å². The first-order valence-electron chi connectivity index (χ1n) is 7.17. The fourth-order valence-electron chi connectivity index (χ4n) is 2.42. The molecule has 0 radical (unpaired) electrons. The molecule has 3 aromatic rings. The summed E-state index contributed by atoms with van der Waals surface area (Å²) >= 11 is 0. The van der Waals surface area contributed by atoms with Crippen molar-refractivity contribution in [1.29, 1.82) is 0 Å². The highest BCUT2D eigenvalue weighted by molar-refractivity contribution is 5.97. The summed E-state index contributed by atoms with van der Waals surface area (Å²) in [5, 5.41) is 9.51. The van der Waals surface area contributed by atoms with Crippen LogP contribution in [0.4, 0.5) is 0 Å². The standard InChI is InChI=1S/C18H17NO3/c1-11(2)12-3-5-13(6-4-12)17-10-15-9-14(18(20)19-21)7-8-16(15)22-17/h3-11,21H,1-2H3,(H,19,20). The molecule has 3 rings (SSSR count). The molecular weight excluding hydrogens is 278 g/mol. The Balaban J connectivity index is 1.99. The summed E-state index contributed by atoms with van der Waals surface area (Å²) in [6.45, 7) is 4.31. The first kappa shape index (κ1) is 14.4. The van der Waals surface area contributed by atoms with Crippen molar-refractivity contribution in [1.82, 2.24) is 5.48 Å². The van der Waals surface area contributed by atoms with Crippen molar-refractivity contribution in [2.24, 2.45) is 0 Å². The first-order chi connectivity index (χ1) is 10.6. The van der Waals surface area contributed by atoms with E-state index in [1.807, 2.05) is 18.2 Å². The number of carbonyl (C=O) groups excluding carboxylic acids is 1. The number of amides is 1. The second-order valence-electron chi connectivity index (χ2n) is 5.58. The van der Waals surface area contributed by atoms with Gasteiger partial charge in [0.1, 0.15) is 11.3 Å². The Morgan fingerprint density at radius 2 is 1.82 bits per heavy atom. The van der Waals surface area contributed by atoms with E-state index in [0.29, 0.717) is 17.1 Å². The Kier molecular flexibility index (Phi) is 3.69. The summed E-state index contributed by atoms with van der Waals surface area (Å²) in [6.07, 6.45) is 0. The van der Waals surface area contributed by atoms with Crippen molar-refractivity contribution >= 4 is 16.9 Å². The van der Waals surface area contributed by atoms with Crippen molar-refractivity contribution in [3.63, 3.8) is 0 Å². The number of furan rings is 1. The third-order valence-corrected chi connectivity index (χ3v) is 3.74. The maximum atomic E-state index is 11.4. The second-order valence-corrected chi connectivity index (χ2v) is 5.58. The van der Waals surface area contributed by atoms with Gasteiger partial charge in [-0.2, -0.15) is 0 Å². The number of nitrogens with one attached hydrogen (secondary N) is 1. The van der Waals surface area contributed by atoms with Gasteiger partial charge < -0.3 is 4.42 Å². The number of rotatable bonds is 3. The molecule has 0 aliphatic carbocycles. The van der Waals surface area contributed by atoms with E-state index in [1.54, 1.807) is 23.7 Å². The zero-order chi connectivity index (χ0) is 15.7. The normalized spacial score (nSPS) is 11.1. The Bertz CT molecular complexity index is 816. The highest BCUT2D eigenvalue weighted by Gasteiger charge is 2.10. The minimum absolute atomic E-state index is 0.387. The number of carbonyl (C=O) groups is 1. The van der Waals surface area contributed by atoms with Gasteiger partial charge in [-0.1, -0.05) is 38.1 Å². The molecule has 0 bridgehead atoms. The van der Waals surface area contributed by atoms with Crippen molar-refractivity contribution in [2.45, 2.75) is 19.8 Å². The molecule has 0 aliphatic heterocycles. The second kappa shape index (κ2) is 5.66. The summed E-state index contributed by atoms with van der Waals surface area (Å²) in [7, 11) is 0. The third-order valence-electron chi connectivity index (χ3n) is 3.74. The molecular formula is C18H17NO3. The van der Waals surface area contributed by atoms with E-state index < -0.39 is 5.91 Å². The van der Waals surface area contributed by atoms with Crippen LogP contribution >= 0.6 is 0 Å². The molecule has 2 aromatic carbocycles. The number of hydrogen-bond donors (Lipinski definition) is 2. The van der Waals surface area contributed by atoms with Gasteiger partial charge in [0.25, 0.3) is 5.91 Å². The fraction of sp³-hybridized carbons (Fsp3) is 0.167. The maximum absolute atomic E-state index is 11.4. The van der Waals surface area contributed by atoms with Gasteiger partial charge in [0, 0.05) is 16.5 Å². The molecule has 2 N–H and O–H groups in total. The van der Waals surface area contributed by atoms with Gasteiger partial charge in [-0.3, -0.25) is 10.0 Å². The van der Waals surface area contributed by atoms with Crippen LogP contribution in [0.2, 0.25) is 0 Å². The zero-order valence-corrected chi connectivity index (χ0v) is 12.5. The molecule has 1 aromatic heterocycles. The van der Waals surface area contributed by atoms with Crippen LogP contribution in [-0.2, 0) is 0 Å². The van der Waals surface area contributed by atoms with E-state index in [4.69, 9.17) is 9.62 Å². The van der Waals surface area contributed by atoms with Gasteiger partial charge in [0.05, 0.1) is 0 Å². The molecule has 4 nitrogen and oxygen atoms in total. The number of benzene rings is 2. The Labute approximate surface area is 128 Å². The molecule has 4 heteroatoms. The highest BCUT2D eigenvalue weighted by Crippen LogP contribution is 2.29. The third kappa shape index (κ3) is 2.61. The van der Waals surface area contributed by atoms with Crippen LogP contribution in [0.25, 0.3) is 22.3 Å². The molecule has 22 heavy (non-hydrogen) atoms. The minimum atomic E-state index is -0.536. The molecule has 0 unspecified atom stereocenters. The van der Waals surface area contributed by atoms with Crippen LogP contribution in [0.1, 0.15) is 35.7 Å². The number of hydrogen-bond acceptors (Lipinski definition) is 3. The summed E-state index contributed by atoms with van der Waals surface area (Å²) in [5.74, 6) is 0.710. The lowest BCUT2D eigenvalue weighted by molar-refractivity contribution is 0.0706. The summed E-state index contributed by atoms with van der Waals surface area (Å²) in [5.41, 5.74) is 5.00. The molecule has 0 fully saturated rings. The molecule has 1 heterocycles. The largest absolute Gasteiger partial charge is 0.456 e. The predicted octanol–water partition coefficient (Wildman–Crippen LogP) is 4.34. The van der Waals surface area contributed by atoms with E-state index in [0.717, 1.165) is 16.7 Å². The van der Waals surface area contributed by atoms with E-state index in [-0.39, 0.29) is 0 Å². The highest BCUT2D eigenvalue weighted by atomic mass is 16.5. The Hall–Kier alpha value is -2.59. The molecule has 0 atom stereocenters. The van der Waals surface area contributed by atoms with Gasteiger partial charge in [-0.25, -0.2) is 5.48 Å². The fourth-order valence-corrected chi connectivity index (χ4v) is 2.42. The number of fused-ring (bicyclic) bond motifs is 1. The van der Waals surface area contributed by atoms with Gasteiger partial charge in [0.2, 0.25) is 0 Å². The summed E-state index contributed by atoms with van der Waals surface area (Å²) < 4.78 is 5.83. The number of hydroxylamine groups is 1. The van der Waals surface area contributed by atoms with Crippen molar-refractivity contribution in [3.8, 4) is 11.3 Å². The van der Waals surface area contributed by atoms with Crippen LogP contribution in [0, 0.1) is 0 Å². The lowest BCUT2D eigenvalue weighted by atomic mass is 10.0. The predicted molar refractivity (Wildman–Crippen MR) is 85.0 cm³/mol. The molecule has 0 saturated carbocycles. The van der Waals surface area contributed by atoms with Crippen molar-refractivity contribution in [2.75, 3.05) is 0 Å². The van der Waals surface area contributed by atoms with Crippen molar-refractivity contribution < 1.29 is 14.4 Å². The molecule has 1 amide bonds.